The van der Waals surface area contributed by atoms with Gasteiger partial charge in [0.1, 0.15) is 5.25 Å². The van der Waals surface area contributed by atoms with Crippen molar-refractivity contribution in [1.29, 1.82) is 0 Å². The molecule has 0 bridgehead atoms. The Morgan fingerprint density at radius 1 is 1.28 bits per heavy atom. The molecule has 1 aromatic rings. The number of methoxy groups -OCH3 is 2. The molecule has 1 atom stereocenters. The number of ether oxygens (including phenoxy) is 3. The molecule has 1 aliphatic rings. The maximum absolute atomic E-state index is 11.4. The highest BCUT2D eigenvalue weighted by Crippen LogP contribution is 2.30. The molecule has 1 aromatic carbocycles. The van der Waals surface area contributed by atoms with Gasteiger partial charge in [0.05, 0.1) is 6.61 Å². The summed E-state index contributed by atoms with van der Waals surface area (Å²) in [5.74, 6) is -0.115. The molecular weight excluding hydrogens is 252 g/mol. The minimum absolute atomic E-state index is 0.0727. The molecule has 1 saturated heterocycles. The average molecular weight is 268 g/mol. The SMILES string of the molecule is COC(OC)c1ccc(SC2CCOC2=O)cc1. The van der Waals surface area contributed by atoms with Crippen molar-refractivity contribution >= 4 is 17.7 Å². The summed E-state index contributed by atoms with van der Waals surface area (Å²) in [7, 11) is 3.21. The van der Waals surface area contributed by atoms with Crippen molar-refractivity contribution in [3.05, 3.63) is 29.8 Å². The number of cyclic esters (lactones) is 1. The largest absolute Gasteiger partial charge is 0.465 e. The zero-order valence-corrected chi connectivity index (χ0v) is 11.2. The van der Waals surface area contributed by atoms with Gasteiger partial charge in [-0.25, -0.2) is 0 Å². The Labute approximate surface area is 111 Å². The number of benzene rings is 1. The van der Waals surface area contributed by atoms with E-state index in [0.717, 1.165) is 16.9 Å². The van der Waals surface area contributed by atoms with Crippen LogP contribution < -0.4 is 0 Å². The fourth-order valence-corrected chi connectivity index (χ4v) is 2.82. The molecule has 1 aliphatic heterocycles. The molecule has 1 unspecified atom stereocenters. The number of esters is 1. The summed E-state index contributed by atoms with van der Waals surface area (Å²) in [6.45, 7) is 0.532. The maximum Gasteiger partial charge on any atom is 0.319 e. The van der Waals surface area contributed by atoms with Crippen molar-refractivity contribution in [3.63, 3.8) is 0 Å². The highest BCUT2D eigenvalue weighted by Gasteiger charge is 2.27. The van der Waals surface area contributed by atoms with Crippen molar-refractivity contribution in [2.45, 2.75) is 22.9 Å². The molecule has 0 saturated carbocycles. The summed E-state index contributed by atoms with van der Waals surface area (Å²) in [4.78, 5) is 12.4. The fraction of sp³-hybridized carbons (Fsp3) is 0.462. The average Bonchev–Trinajstić information content (AvgIpc) is 2.79. The zero-order valence-electron chi connectivity index (χ0n) is 10.4. The summed E-state index contributed by atoms with van der Waals surface area (Å²) >= 11 is 1.54. The maximum atomic E-state index is 11.4. The predicted octanol–water partition coefficient (Wildman–Crippen LogP) is 2.39. The monoisotopic (exact) mass is 268 g/mol. The summed E-state index contributed by atoms with van der Waals surface area (Å²) in [5.41, 5.74) is 0.957. The quantitative estimate of drug-likeness (QED) is 0.606. The van der Waals surface area contributed by atoms with Gasteiger partial charge in [-0.1, -0.05) is 12.1 Å². The first kappa shape index (κ1) is 13.4. The van der Waals surface area contributed by atoms with Crippen molar-refractivity contribution in [1.82, 2.24) is 0 Å². The van der Waals surface area contributed by atoms with Crippen LogP contribution in [0.4, 0.5) is 0 Å². The molecule has 1 heterocycles. The van der Waals surface area contributed by atoms with E-state index in [1.54, 1.807) is 14.2 Å². The van der Waals surface area contributed by atoms with E-state index < -0.39 is 0 Å². The lowest BCUT2D eigenvalue weighted by molar-refractivity contribution is -0.137. The van der Waals surface area contributed by atoms with Crippen molar-refractivity contribution in [2.24, 2.45) is 0 Å². The number of rotatable bonds is 5. The smallest absolute Gasteiger partial charge is 0.319 e. The van der Waals surface area contributed by atoms with E-state index in [-0.39, 0.29) is 17.5 Å². The third kappa shape index (κ3) is 3.04. The third-order valence-electron chi connectivity index (χ3n) is 2.75. The van der Waals surface area contributed by atoms with Gasteiger partial charge in [-0.15, -0.1) is 11.8 Å². The third-order valence-corrected chi connectivity index (χ3v) is 4.00. The van der Waals surface area contributed by atoms with Crippen LogP contribution in [-0.4, -0.2) is 32.0 Å². The van der Waals surface area contributed by atoms with Gasteiger partial charge in [0.15, 0.2) is 6.29 Å². The summed E-state index contributed by atoms with van der Waals surface area (Å²) in [6.07, 6.45) is 0.435. The van der Waals surface area contributed by atoms with Gasteiger partial charge in [-0.05, 0) is 12.1 Å². The van der Waals surface area contributed by atoms with E-state index in [1.165, 1.54) is 11.8 Å². The Balaban J connectivity index is 2.01. The highest BCUT2D eigenvalue weighted by molar-refractivity contribution is 8.00. The van der Waals surface area contributed by atoms with E-state index in [2.05, 4.69) is 0 Å². The van der Waals surface area contributed by atoms with Gasteiger partial charge in [-0.3, -0.25) is 4.79 Å². The molecular formula is C13H16O4S. The van der Waals surface area contributed by atoms with Crippen LogP contribution in [0.5, 0.6) is 0 Å². The van der Waals surface area contributed by atoms with Gasteiger partial charge in [0.2, 0.25) is 0 Å². The van der Waals surface area contributed by atoms with Gasteiger partial charge in [0.25, 0.3) is 0 Å². The Bertz CT molecular complexity index is 400. The Morgan fingerprint density at radius 2 is 1.94 bits per heavy atom. The molecule has 5 heteroatoms. The van der Waals surface area contributed by atoms with Crippen LogP contribution in [0.25, 0.3) is 0 Å². The Morgan fingerprint density at radius 3 is 2.44 bits per heavy atom. The minimum atomic E-state index is -0.347. The summed E-state index contributed by atoms with van der Waals surface area (Å²) in [6, 6.07) is 7.83. The van der Waals surface area contributed by atoms with Crippen molar-refractivity contribution in [3.8, 4) is 0 Å². The molecule has 0 aromatic heterocycles. The lowest BCUT2D eigenvalue weighted by atomic mass is 10.2. The zero-order chi connectivity index (χ0) is 13.0. The van der Waals surface area contributed by atoms with Crippen molar-refractivity contribution in [2.75, 3.05) is 20.8 Å². The van der Waals surface area contributed by atoms with Gasteiger partial charge in [0, 0.05) is 31.1 Å². The van der Waals surface area contributed by atoms with E-state index in [4.69, 9.17) is 14.2 Å². The number of thioether (sulfide) groups is 1. The molecule has 1 fully saturated rings. The Hall–Kier alpha value is -1.04. The fourth-order valence-electron chi connectivity index (χ4n) is 1.82. The highest BCUT2D eigenvalue weighted by atomic mass is 32.2. The second kappa shape index (κ2) is 6.22. The second-order valence-electron chi connectivity index (χ2n) is 3.94. The molecule has 0 aliphatic carbocycles. The summed E-state index contributed by atoms with van der Waals surface area (Å²) < 4.78 is 15.3. The molecule has 98 valence electrons. The molecule has 2 rings (SSSR count). The first-order valence-electron chi connectivity index (χ1n) is 5.73. The molecule has 0 amide bonds. The number of hydrogen-bond acceptors (Lipinski definition) is 5. The molecule has 4 nitrogen and oxygen atoms in total. The molecule has 18 heavy (non-hydrogen) atoms. The van der Waals surface area contributed by atoms with Gasteiger partial charge >= 0.3 is 5.97 Å². The van der Waals surface area contributed by atoms with Crippen LogP contribution in [0.1, 0.15) is 18.3 Å². The van der Waals surface area contributed by atoms with Crippen LogP contribution in [0.3, 0.4) is 0 Å². The van der Waals surface area contributed by atoms with Crippen LogP contribution in [0, 0.1) is 0 Å². The summed E-state index contributed by atoms with van der Waals surface area (Å²) in [5, 5.41) is -0.0727. The number of carbonyl (C=O) groups is 1. The topological polar surface area (TPSA) is 44.8 Å². The Kier molecular flexibility index (Phi) is 4.63. The van der Waals surface area contributed by atoms with Crippen molar-refractivity contribution < 1.29 is 19.0 Å². The number of carbonyl (C=O) groups excluding carboxylic acids is 1. The van der Waals surface area contributed by atoms with Crippen LogP contribution in [-0.2, 0) is 19.0 Å². The van der Waals surface area contributed by atoms with Gasteiger partial charge in [-0.2, -0.15) is 0 Å². The number of hydrogen-bond donors (Lipinski definition) is 0. The molecule has 0 spiro atoms. The van der Waals surface area contributed by atoms with E-state index in [9.17, 15) is 4.79 Å². The minimum Gasteiger partial charge on any atom is -0.465 e. The predicted molar refractivity (Wildman–Crippen MR) is 68.4 cm³/mol. The van der Waals surface area contributed by atoms with E-state index in [1.807, 2.05) is 24.3 Å². The van der Waals surface area contributed by atoms with Crippen LogP contribution >= 0.6 is 11.8 Å². The van der Waals surface area contributed by atoms with Crippen LogP contribution in [0.2, 0.25) is 0 Å². The van der Waals surface area contributed by atoms with E-state index >= 15 is 0 Å². The van der Waals surface area contributed by atoms with E-state index in [0.29, 0.717) is 6.61 Å². The lowest BCUT2D eigenvalue weighted by Crippen LogP contribution is -2.09. The first-order chi connectivity index (χ1) is 8.74. The van der Waals surface area contributed by atoms with Crippen LogP contribution in [0.15, 0.2) is 29.2 Å². The molecule has 0 radical (unpaired) electrons. The van der Waals surface area contributed by atoms with Gasteiger partial charge < -0.3 is 14.2 Å². The lowest BCUT2D eigenvalue weighted by Gasteiger charge is -2.14. The molecule has 0 N–H and O–H groups in total. The normalized spacial score (nSPS) is 19.3. The first-order valence-corrected chi connectivity index (χ1v) is 6.61. The standard InChI is InChI=1S/C13H16O4S/c1-15-13(16-2)9-3-5-10(6-4-9)18-11-7-8-17-12(11)14/h3-6,11,13H,7-8H2,1-2H3. The second-order valence-corrected chi connectivity index (χ2v) is 5.21.